The molecule has 0 radical (unpaired) electrons. The Kier molecular flexibility index (Phi) is 3.47. The molecule has 0 aromatic carbocycles. The van der Waals surface area contributed by atoms with E-state index in [-0.39, 0.29) is 12.5 Å². The molecule has 0 saturated heterocycles. The van der Waals surface area contributed by atoms with Gasteiger partial charge in [0.25, 0.3) is 5.56 Å². The molecule has 0 unspecified atom stereocenters. The summed E-state index contributed by atoms with van der Waals surface area (Å²) in [6, 6.07) is 0. The molecule has 0 aliphatic heterocycles. The molecule has 2 heterocycles. The zero-order chi connectivity index (χ0) is 15.0. The minimum absolute atomic E-state index is 0.267. The quantitative estimate of drug-likeness (QED) is 0.715. The third kappa shape index (κ3) is 2.02. The third-order valence-electron chi connectivity index (χ3n) is 3.39. The molecule has 0 aliphatic carbocycles. The molecule has 8 heteroatoms. The molecule has 2 rings (SSSR count). The average Bonchev–Trinajstić information content (AvgIpc) is 2.82. The molecule has 0 aliphatic rings. The summed E-state index contributed by atoms with van der Waals surface area (Å²) >= 11 is 0. The zero-order valence-electron chi connectivity index (χ0n) is 12.0. The summed E-state index contributed by atoms with van der Waals surface area (Å²) in [5.74, 6) is -0.284. The maximum Gasteiger partial charge on any atom is 0.332 e. The molecule has 0 atom stereocenters. The molecule has 0 spiro atoms. The summed E-state index contributed by atoms with van der Waals surface area (Å²) in [7, 11) is 4.83. The van der Waals surface area contributed by atoms with Crippen LogP contribution in [0.2, 0.25) is 0 Å². The normalized spacial score (nSPS) is 11.0. The SMILES string of the molecule is CCN(C)C(=O)Cn1c(=O)c2c(ncn2C)n(C)c1=O. The molecule has 0 fully saturated rings. The fraction of sp³-hybridized carbons (Fsp3) is 0.500. The monoisotopic (exact) mass is 279 g/mol. The van der Waals surface area contributed by atoms with Crippen LogP contribution in [0.25, 0.3) is 11.2 Å². The van der Waals surface area contributed by atoms with E-state index in [0.29, 0.717) is 17.7 Å². The van der Waals surface area contributed by atoms with Crippen molar-refractivity contribution in [2.45, 2.75) is 13.5 Å². The van der Waals surface area contributed by atoms with E-state index in [9.17, 15) is 14.4 Å². The summed E-state index contributed by atoms with van der Waals surface area (Å²) < 4.78 is 3.76. The van der Waals surface area contributed by atoms with Crippen LogP contribution < -0.4 is 11.2 Å². The first-order chi connectivity index (χ1) is 9.38. The van der Waals surface area contributed by atoms with Gasteiger partial charge in [-0.3, -0.25) is 14.2 Å². The van der Waals surface area contributed by atoms with Crippen molar-refractivity contribution >= 4 is 17.1 Å². The van der Waals surface area contributed by atoms with Crippen molar-refractivity contribution < 1.29 is 4.79 Å². The van der Waals surface area contributed by atoms with Crippen LogP contribution in [-0.2, 0) is 25.4 Å². The highest BCUT2D eigenvalue weighted by Gasteiger charge is 2.17. The van der Waals surface area contributed by atoms with E-state index in [0.717, 1.165) is 4.57 Å². The second-order valence-electron chi connectivity index (χ2n) is 4.67. The molecule has 20 heavy (non-hydrogen) atoms. The van der Waals surface area contributed by atoms with E-state index in [1.54, 1.807) is 18.7 Å². The maximum atomic E-state index is 12.3. The van der Waals surface area contributed by atoms with Gasteiger partial charge < -0.3 is 9.47 Å². The fourth-order valence-corrected chi connectivity index (χ4v) is 1.97. The molecule has 2 aromatic rings. The summed E-state index contributed by atoms with van der Waals surface area (Å²) in [5, 5.41) is 0. The van der Waals surface area contributed by atoms with Crippen LogP contribution in [-0.4, -0.2) is 43.1 Å². The summed E-state index contributed by atoms with van der Waals surface area (Å²) in [5.41, 5.74) is -0.422. The number of amides is 1. The second-order valence-corrected chi connectivity index (χ2v) is 4.67. The second kappa shape index (κ2) is 4.95. The van der Waals surface area contributed by atoms with Gasteiger partial charge in [0.1, 0.15) is 6.54 Å². The molecular weight excluding hydrogens is 262 g/mol. The largest absolute Gasteiger partial charge is 0.344 e. The Labute approximate surface area is 114 Å². The van der Waals surface area contributed by atoms with Crippen molar-refractivity contribution in [3.8, 4) is 0 Å². The lowest BCUT2D eigenvalue weighted by Gasteiger charge is -2.15. The predicted molar refractivity (Wildman–Crippen MR) is 73.5 cm³/mol. The number of hydrogen-bond acceptors (Lipinski definition) is 4. The topological polar surface area (TPSA) is 82.1 Å². The first-order valence-corrected chi connectivity index (χ1v) is 6.23. The van der Waals surface area contributed by atoms with Crippen LogP contribution in [0, 0.1) is 0 Å². The number of imidazole rings is 1. The number of rotatable bonds is 3. The van der Waals surface area contributed by atoms with Crippen LogP contribution >= 0.6 is 0 Å². The van der Waals surface area contributed by atoms with Crippen molar-refractivity contribution in [1.82, 2.24) is 23.6 Å². The number of hydrogen-bond donors (Lipinski definition) is 0. The van der Waals surface area contributed by atoms with Crippen molar-refractivity contribution in [3.05, 3.63) is 27.2 Å². The van der Waals surface area contributed by atoms with Gasteiger partial charge in [0, 0.05) is 27.7 Å². The molecule has 0 bridgehead atoms. The molecule has 1 amide bonds. The van der Waals surface area contributed by atoms with Gasteiger partial charge in [-0.15, -0.1) is 0 Å². The van der Waals surface area contributed by atoms with Gasteiger partial charge >= 0.3 is 5.69 Å². The van der Waals surface area contributed by atoms with Gasteiger partial charge in [0.2, 0.25) is 5.91 Å². The molecule has 0 saturated carbocycles. The first kappa shape index (κ1) is 14.0. The lowest BCUT2D eigenvalue weighted by molar-refractivity contribution is -0.130. The predicted octanol–water partition coefficient (Wildman–Crippen LogP) is -1.09. The lowest BCUT2D eigenvalue weighted by atomic mass is 10.4. The summed E-state index contributed by atoms with van der Waals surface area (Å²) in [4.78, 5) is 41.9. The van der Waals surface area contributed by atoms with E-state index in [1.165, 1.54) is 22.8 Å². The number of aryl methyl sites for hydroxylation is 2. The van der Waals surface area contributed by atoms with E-state index < -0.39 is 11.2 Å². The van der Waals surface area contributed by atoms with Gasteiger partial charge in [0.05, 0.1) is 6.33 Å². The van der Waals surface area contributed by atoms with Crippen LogP contribution in [0.5, 0.6) is 0 Å². The van der Waals surface area contributed by atoms with Gasteiger partial charge in [-0.1, -0.05) is 0 Å². The minimum Gasteiger partial charge on any atom is -0.344 e. The molecule has 0 N–H and O–H groups in total. The number of fused-ring (bicyclic) bond motifs is 1. The van der Waals surface area contributed by atoms with Crippen LogP contribution in [0.4, 0.5) is 0 Å². The van der Waals surface area contributed by atoms with Crippen LogP contribution in [0.1, 0.15) is 6.92 Å². The van der Waals surface area contributed by atoms with Crippen LogP contribution in [0.3, 0.4) is 0 Å². The number of likely N-dealkylation sites (N-methyl/N-ethyl adjacent to an activating group) is 1. The summed E-state index contributed by atoms with van der Waals surface area (Å²) in [6.07, 6.45) is 1.47. The van der Waals surface area contributed by atoms with Gasteiger partial charge in [0.15, 0.2) is 11.2 Å². The molecule has 2 aromatic heterocycles. The third-order valence-corrected chi connectivity index (χ3v) is 3.39. The van der Waals surface area contributed by atoms with E-state index >= 15 is 0 Å². The highest BCUT2D eigenvalue weighted by Crippen LogP contribution is 2.02. The minimum atomic E-state index is -0.543. The van der Waals surface area contributed by atoms with Crippen molar-refractivity contribution in [3.63, 3.8) is 0 Å². The van der Waals surface area contributed by atoms with Gasteiger partial charge in [-0.25, -0.2) is 14.3 Å². The van der Waals surface area contributed by atoms with Crippen molar-refractivity contribution in [1.29, 1.82) is 0 Å². The van der Waals surface area contributed by atoms with E-state index in [2.05, 4.69) is 4.98 Å². The number of carbonyl (C=O) groups excluding carboxylic acids is 1. The average molecular weight is 279 g/mol. The highest BCUT2D eigenvalue weighted by molar-refractivity contribution is 5.76. The molecule has 8 nitrogen and oxygen atoms in total. The van der Waals surface area contributed by atoms with E-state index in [1.807, 2.05) is 6.92 Å². The van der Waals surface area contributed by atoms with Crippen molar-refractivity contribution in [2.75, 3.05) is 13.6 Å². The number of aromatic nitrogens is 4. The maximum absolute atomic E-state index is 12.3. The Morgan fingerprint density at radius 2 is 2.00 bits per heavy atom. The smallest absolute Gasteiger partial charge is 0.332 e. The Morgan fingerprint density at radius 1 is 1.35 bits per heavy atom. The van der Waals surface area contributed by atoms with Gasteiger partial charge in [-0.05, 0) is 6.92 Å². The number of nitrogens with zero attached hydrogens (tertiary/aromatic N) is 5. The van der Waals surface area contributed by atoms with Crippen molar-refractivity contribution in [2.24, 2.45) is 14.1 Å². The summed E-state index contributed by atoms with van der Waals surface area (Å²) in [6.45, 7) is 2.07. The fourth-order valence-electron chi connectivity index (χ4n) is 1.97. The zero-order valence-corrected chi connectivity index (χ0v) is 12.0. The standard InChI is InChI=1S/C12H17N5O3/c1-5-14(2)8(18)6-17-11(19)9-10(13-7-15(9)3)16(4)12(17)20/h7H,5-6H2,1-4H3. The van der Waals surface area contributed by atoms with E-state index in [4.69, 9.17) is 0 Å². The Hall–Kier alpha value is -2.38. The number of carbonyl (C=O) groups is 1. The highest BCUT2D eigenvalue weighted by atomic mass is 16.2. The Bertz CT molecular complexity index is 783. The molecule has 108 valence electrons. The van der Waals surface area contributed by atoms with Gasteiger partial charge in [-0.2, -0.15) is 0 Å². The lowest BCUT2D eigenvalue weighted by Crippen LogP contribution is -2.43. The Balaban J connectivity index is 2.65. The molecular formula is C12H17N5O3. The van der Waals surface area contributed by atoms with Crippen LogP contribution in [0.15, 0.2) is 15.9 Å². The first-order valence-electron chi connectivity index (χ1n) is 6.23. The Morgan fingerprint density at radius 3 is 2.60 bits per heavy atom.